The first-order valence-corrected chi connectivity index (χ1v) is 5.66. The summed E-state index contributed by atoms with van der Waals surface area (Å²) in [7, 11) is 0. The Balaban J connectivity index is 2.14. The Labute approximate surface area is 90.7 Å². The van der Waals surface area contributed by atoms with Gasteiger partial charge in [-0.3, -0.25) is 0 Å². The molecule has 0 amide bonds. The number of aliphatic hydroxyl groups excluding tert-OH is 2. The Kier molecular flexibility index (Phi) is 6.12. The van der Waals surface area contributed by atoms with Crippen LogP contribution in [0.2, 0.25) is 0 Å². The summed E-state index contributed by atoms with van der Waals surface area (Å²) in [5.41, 5.74) is 0. The summed E-state index contributed by atoms with van der Waals surface area (Å²) >= 11 is 0. The number of aryl methyl sites for hydroxylation is 1. The lowest BCUT2D eigenvalue weighted by atomic mass is 10.1. The van der Waals surface area contributed by atoms with Crippen LogP contribution < -0.4 is 0 Å². The predicted octanol–water partition coefficient (Wildman–Crippen LogP) is 1.91. The lowest BCUT2D eigenvalue weighted by Gasteiger charge is -1.98. The first-order valence-electron chi connectivity index (χ1n) is 5.66. The van der Waals surface area contributed by atoms with Crippen molar-refractivity contribution in [2.24, 2.45) is 0 Å². The van der Waals surface area contributed by atoms with Crippen LogP contribution in [-0.4, -0.2) is 23.4 Å². The van der Waals surface area contributed by atoms with E-state index >= 15 is 0 Å². The van der Waals surface area contributed by atoms with Crippen LogP contribution in [0.1, 0.15) is 37.2 Å². The Morgan fingerprint density at radius 1 is 0.800 bits per heavy atom. The summed E-state index contributed by atoms with van der Waals surface area (Å²) in [5.74, 6) is 1.87. The molecule has 0 bridgehead atoms. The molecule has 0 aliphatic carbocycles. The molecular formula is C12H20O3. The first-order chi connectivity index (χ1) is 7.36. The molecule has 1 heterocycles. The average Bonchev–Trinajstić information content (AvgIpc) is 2.66. The van der Waals surface area contributed by atoms with Crippen molar-refractivity contribution in [2.75, 3.05) is 13.2 Å². The Bertz CT molecular complexity index is 255. The summed E-state index contributed by atoms with van der Waals surface area (Å²) < 4.78 is 5.52. The van der Waals surface area contributed by atoms with E-state index in [1.165, 1.54) is 0 Å². The minimum absolute atomic E-state index is 0.142. The molecule has 2 N–H and O–H groups in total. The van der Waals surface area contributed by atoms with Crippen molar-refractivity contribution in [3.8, 4) is 0 Å². The van der Waals surface area contributed by atoms with E-state index in [-0.39, 0.29) is 6.61 Å². The quantitative estimate of drug-likeness (QED) is 0.647. The normalized spacial score (nSPS) is 10.8. The van der Waals surface area contributed by atoms with Crippen LogP contribution in [0.3, 0.4) is 0 Å². The Hall–Kier alpha value is -0.800. The van der Waals surface area contributed by atoms with Crippen molar-refractivity contribution in [1.82, 2.24) is 0 Å². The third-order valence-corrected chi connectivity index (χ3v) is 2.41. The highest BCUT2D eigenvalue weighted by Gasteiger charge is 2.01. The van der Waals surface area contributed by atoms with E-state index in [0.29, 0.717) is 13.0 Å². The maximum absolute atomic E-state index is 8.72. The van der Waals surface area contributed by atoms with Gasteiger partial charge in [0.05, 0.1) is 6.61 Å². The molecular weight excluding hydrogens is 192 g/mol. The monoisotopic (exact) mass is 212 g/mol. The summed E-state index contributed by atoms with van der Waals surface area (Å²) in [6.45, 7) is 0.435. The van der Waals surface area contributed by atoms with E-state index in [1.54, 1.807) is 0 Å². The van der Waals surface area contributed by atoms with Gasteiger partial charge in [-0.25, -0.2) is 0 Å². The Morgan fingerprint density at radius 3 is 2.13 bits per heavy atom. The molecule has 0 atom stereocenters. The van der Waals surface area contributed by atoms with Crippen molar-refractivity contribution in [3.63, 3.8) is 0 Å². The topological polar surface area (TPSA) is 53.6 Å². The largest absolute Gasteiger partial charge is 0.466 e. The number of hydrogen-bond donors (Lipinski definition) is 2. The summed E-state index contributed by atoms with van der Waals surface area (Å²) in [5, 5.41) is 17.3. The van der Waals surface area contributed by atoms with Gasteiger partial charge in [0, 0.05) is 19.4 Å². The highest BCUT2D eigenvalue weighted by atomic mass is 16.3. The molecule has 0 fully saturated rings. The first kappa shape index (κ1) is 12.3. The van der Waals surface area contributed by atoms with Crippen molar-refractivity contribution >= 4 is 0 Å². The highest BCUT2D eigenvalue weighted by Crippen LogP contribution is 2.12. The SMILES string of the molecule is OCCCCCCc1ccc(CCO)o1. The zero-order valence-electron chi connectivity index (χ0n) is 9.11. The van der Waals surface area contributed by atoms with Gasteiger partial charge in [-0.15, -0.1) is 0 Å². The second-order valence-corrected chi connectivity index (χ2v) is 3.73. The van der Waals surface area contributed by atoms with E-state index in [2.05, 4.69) is 0 Å². The molecule has 0 unspecified atom stereocenters. The zero-order chi connectivity index (χ0) is 10.9. The number of rotatable bonds is 8. The van der Waals surface area contributed by atoms with Crippen LogP contribution in [0, 0.1) is 0 Å². The number of hydrogen-bond acceptors (Lipinski definition) is 3. The molecule has 0 aliphatic heterocycles. The molecule has 0 spiro atoms. The van der Waals surface area contributed by atoms with E-state index in [0.717, 1.165) is 43.6 Å². The summed E-state index contributed by atoms with van der Waals surface area (Å²) in [6, 6.07) is 3.91. The molecule has 0 saturated heterocycles. The summed E-state index contributed by atoms with van der Waals surface area (Å²) in [4.78, 5) is 0. The minimum atomic E-state index is 0.142. The fraction of sp³-hybridized carbons (Fsp3) is 0.667. The van der Waals surface area contributed by atoms with Crippen LogP contribution >= 0.6 is 0 Å². The van der Waals surface area contributed by atoms with Crippen molar-refractivity contribution in [1.29, 1.82) is 0 Å². The molecule has 0 aromatic carbocycles. The standard InChI is InChI=1S/C12H20O3/c13-9-4-2-1-3-5-11-6-7-12(15-11)8-10-14/h6-7,13-14H,1-5,8-10H2. The smallest absolute Gasteiger partial charge is 0.106 e. The lowest BCUT2D eigenvalue weighted by Crippen LogP contribution is -1.88. The van der Waals surface area contributed by atoms with Gasteiger partial charge < -0.3 is 14.6 Å². The van der Waals surface area contributed by atoms with Crippen LogP contribution in [0.5, 0.6) is 0 Å². The van der Waals surface area contributed by atoms with E-state index in [4.69, 9.17) is 14.6 Å². The molecule has 0 aliphatic rings. The third-order valence-electron chi connectivity index (χ3n) is 2.41. The molecule has 0 saturated carbocycles. The average molecular weight is 212 g/mol. The molecule has 1 aromatic rings. The molecule has 1 aromatic heterocycles. The van der Waals surface area contributed by atoms with E-state index < -0.39 is 0 Å². The second-order valence-electron chi connectivity index (χ2n) is 3.73. The highest BCUT2D eigenvalue weighted by molar-refractivity contribution is 5.07. The number of furan rings is 1. The van der Waals surface area contributed by atoms with Gasteiger partial charge in [0.25, 0.3) is 0 Å². The van der Waals surface area contributed by atoms with Crippen LogP contribution in [0.15, 0.2) is 16.5 Å². The fourth-order valence-corrected chi connectivity index (χ4v) is 1.57. The molecule has 86 valence electrons. The fourth-order valence-electron chi connectivity index (χ4n) is 1.57. The van der Waals surface area contributed by atoms with Crippen molar-refractivity contribution in [2.45, 2.75) is 38.5 Å². The van der Waals surface area contributed by atoms with Gasteiger partial charge in [0.15, 0.2) is 0 Å². The van der Waals surface area contributed by atoms with Gasteiger partial charge in [0.2, 0.25) is 0 Å². The van der Waals surface area contributed by atoms with Gasteiger partial charge >= 0.3 is 0 Å². The van der Waals surface area contributed by atoms with Crippen LogP contribution in [0.4, 0.5) is 0 Å². The van der Waals surface area contributed by atoms with Crippen molar-refractivity contribution in [3.05, 3.63) is 23.7 Å². The van der Waals surface area contributed by atoms with Gasteiger partial charge in [0.1, 0.15) is 11.5 Å². The molecule has 3 heteroatoms. The van der Waals surface area contributed by atoms with E-state index in [1.807, 2.05) is 12.1 Å². The van der Waals surface area contributed by atoms with Crippen LogP contribution in [-0.2, 0) is 12.8 Å². The van der Waals surface area contributed by atoms with Gasteiger partial charge in [-0.1, -0.05) is 12.8 Å². The number of aliphatic hydroxyl groups is 2. The third kappa shape index (κ3) is 5.00. The van der Waals surface area contributed by atoms with E-state index in [9.17, 15) is 0 Å². The zero-order valence-corrected chi connectivity index (χ0v) is 9.11. The van der Waals surface area contributed by atoms with Crippen molar-refractivity contribution < 1.29 is 14.6 Å². The molecule has 1 rings (SSSR count). The number of unbranched alkanes of at least 4 members (excludes halogenated alkanes) is 3. The lowest BCUT2D eigenvalue weighted by molar-refractivity contribution is 0.282. The minimum Gasteiger partial charge on any atom is -0.466 e. The Morgan fingerprint density at radius 2 is 1.47 bits per heavy atom. The maximum Gasteiger partial charge on any atom is 0.106 e. The predicted molar refractivity (Wildman–Crippen MR) is 58.8 cm³/mol. The molecule has 3 nitrogen and oxygen atoms in total. The van der Waals surface area contributed by atoms with Crippen LogP contribution in [0.25, 0.3) is 0 Å². The van der Waals surface area contributed by atoms with Gasteiger partial charge in [-0.05, 0) is 25.0 Å². The second kappa shape index (κ2) is 7.49. The maximum atomic E-state index is 8.72. The molecule has 0 radical (unpaired) electrons. The van der Waals surface area contributed by atoms with Gasteiger partial charge in [-0.2, -0.15) is 0 Å². The molecule has 15 heavy (non-hydrogen) atoms. The summed E-state index contributed by atoms with van der Waals surface area (Å²) in [6.07, 6.45) is 5.78.